The third-order valence-electron chi connectivity index (χ3n) is 4.14. The van der Waals surface area contributed by atoms with Crippen LogP contribution in [-0.2, 0) is 14.5 Å². The summed E-state index contributed by atoms with van der Waals surface area (Å²) in [5, 5.41) is 10.6. The van der Waals surface area contributed by atoms with Gasteiger partial charge in [-0.3, -0.25) is 14.9 Å². The van der Waals surface area contributed by atoms with Crippen molar-refractivity contribution in [1.82, 2.24) is 0 Å². The summed E-state index contributed by atoms with van der Waals surface area (Å²) in [5.41, 5.74) is -0.279. The van der Waals surface area contributed by atoms with E-state index in [-0.39, 0.29) is 24.3 Å². The fraction of sp³-hybridized carbons (Fsp3) is 0.600. The molecule has 1 saturated carbocycles. The molecule has 0 amide bonds. The summed E-state index contributed by atoms with van der Waals surface area (Å²) in [6.45, 7) is 0. The minimum Gasteiger partial charge on any atom is -0.431 e. The van der Waals surface area contributed by atoms with Gasteiger partial charge in [-0.15, -0.1) is 4.89 Å². The number of hydrogen-bond donors (Lipinski definition) is 0. The third kappa shape index (κ3) is 3.55. The lowest BCUT2D eigenvalue weighted by Gasteiger charge is -2.30. The fourth-order valence-electron chi connectivity index (χ4n) is 2.85. The van der Waals surface area contributed by atoms with Gasteiger partial charge in [0.25, 0.3) is 5.69 Å². The van der Waals surface area contributed by atoms with Crippen molar-refractivity contribution in [1.29, 1.82) is 0 Å². The number of nitrogens with zero attached hydrogens (tertiary/aromatic N) is 1. The molecule has 3 rings (SSSR count). The van der Waals surface area contributed by atoms with Gasteiger partial charge >= 0.3 is 12.1 Å². The van der Waals surface area contributed by atoms with Gasteiger partial charge in [-0.2, -0.15) is 18.1 Å². The molecule has 1 saturated heterocycles. The van der Waals surface area contributed by atoms with Crippen molar-refractivity contribution in [3.05, 3.63) is 34.4 Å². The highest BCUT2D eigenvalue weighted by Crippen LogP contribution is 2.49. The third-order valence-corrected chi connectivity index (χ3v) is 4.14. The second-order valence-electron chi connectivity index (χ2n) is 6.00. The number of nitro benzene ring substituents is 1. The largest absolute Gasteiger partial charge is 0.489 e. The minimum atomic E-state index is -5.04. The minimum absolute atomic E-state index is 0.258. The highest BCUT2D eigenvalue weighted by Gasteiger charge is 2.71. The molecule has 25 heavy (non-hydrogen) atoms. The summed E-state index contributed by atoms with van der Waals surface area (Å²) < 4.78 is 50.8. The molecule has 1 aromatic carbocycles. The van der Waals surface area contributed by atoms with Crippen LogP contribution in [0.4, 0.5) is 18.9 Å². The van der Waals surface area contributed by atoms with Crippen LogP contribution >= 0.6 is 0 Å². The Hall–Kier alpha value is -1.91. The number of halogens is 3. The Morgan fingerprint density at radius 1 is 1.04 bits per heavy atom. The summed E-state index contributed by atoms with van der Waals surface area (Å²) in [7, 11) is 0. The van der Waals surface area contributed by atoms with Crippen LogP contribution in [0.15, 0.2) is 24.3 Å². The van der Waals surface area contributed by atoms with Crippen molar-refractivity contribution >= 4 is 5.69 Å². The van der Waals surface area contributed by atoms with E-state index in [2.05, 4.69) is 4.89 Å². The van der Waals surface area contributed by atoms with Crippen LogP contribution in [0, 0.1) is 10.1 Å². The van der Waals surface area contributed by atoms with Crippen molar-refractivity contribution < 1.29 is 37.3 Å². The molecule has 1 atom stereocenters. The first-order chi connectivity index (χ1) is 11.8. The molecule has 10 heteroatoms. The van der Waals surface area contributed by atoms with Gasteiger partial charge in [-0.1, -0.05) is 12.8 Å². The first kappa shape index (κ1) is 17.9. The number of rotatable bonds is 3. The molecule has 2 fully saturated rings. The Morgan fingerprint density at radius 2 is 1.64 bits per heavy atom. The van der Waals surface area contributed by atoms with Crippen molar-refractivity contribution in [2.75, 3.05) is 0 Å². The van der Waals surface area contributed by atoms with Gasteiger partial charge in [-0.25, -0.2) is 0 Å². The number of non-ortho nitro benzene ring substituents is 1. The molecule has 1 heterocycles. The Bertz CT molecular complexity index is 627. The maximum absolute atomic E-state index is 13.6. The quantitative estimate of drug-likeness (QED) is 0.454. The molecular weight excluding hydrogens is 347 g/mol. The van der Waals surface area contributed by atoms with Crippen molar-refractivity contribution in [3.8, 4) is 5.75 Å². The molecule has 0 bridgehead atoms. The molecule has 1 aliphatic carbocycles. The van der Waals surface area contributed by atoms with Crippen molar-refractivity contribution in [2.45, 2.75) is 56.5 Å². The lowest BCUT2D eigenvalue weighted by Crippen LogP contribution is -2.53. The van der Waals surface area contributed by atoms with Crippen LogP contribution in [0.25, 0.3) is 0 Å². The summed E-state index contributed by atoms with van der Waals surface area (Å²) in [4.78, 5) is 19.5. The van der Waals surface area contributed by atoms with E-state index in [4.69, 9.17) is 14.4 Å². The van der Waals surface area contributed by atoms with E-state index in [0.717, 1.165) is 37.1 Å². The SMILES string of the molecule is O=[N+]([O-])c1ccc(OC2(C(F)(F)F)OOC3(CCCCCC3)O2)cc1. The Labute approximate surface area is 140 Å². The molecule has 1 spiro atoms. The normalized spacial score (nSPS) is 26.4. The number of nitro groups is 1. The Kier molecular flexibility index (Phi) is 4.60. The highest BCUT2D eigenvalue weighted by molar-refractivity contribution is 5.36. The molecule has 0 aromatic heterocycles. The summed E-state index contributed by atoms with van der Waals surface area (Å²) in [6, 6.07) is 4.13. The van der Waals surface area contributed by atoms with Gasteiger partial charge in [0, 0.05) is 25.0 Å². The molecule has 138 valence electrons. The van der Waals surface area contributed by atoms with Crippen LogP contribution in [0.3, 0.4) is 0 Å². The van der Waals surface area contributed by atoms with Gasteiger partial charge in [-0.05, 0) is 25.0 Å². The molecular formula is C15H16F3NO6. The molecule has 0 N–H and O–H groups in total. The molecule has 0 radical (unpaired) electrons. The van der Waals surface area contributed by atoms with Crippen LogP contribution in [0.1, 0.15) is 38.5 Å². The number of alkyl halides is 3. The number of hydrogen-bond acceptors (Lipinski definition) is 6. The zero-order chi connectivity index (χ0) is 18.1. The fourth-order valence-corrected chi connectivity index (χ4v) is 2.85. The van der Waals surface area contributed by atoms with E-state index in [9.17, 15) is 23.3 Å². The lowest BCUT2D eigenvalue weighted by atomic mass is 10.1. The van der Waals surface area contributed by atoms with E-state index in [0.29, 0.717) is 12.8 Å². The lowest BCUT2D eigenvalue weighted by molar-refractivity contribution is -0.474. The predicted octanol–water partition coefficient (Wildman–Crippen LogP) is 4.22. The Balaban J connectivity index is 1.84. The second kappa shape index (κ2) is 6.43. The molecule has 1 unspecified atom stereocenters. The standard InChI is InChI=1S/C15H16F3NO6/c16-14(17,18)15(22-12-7-5-11(6-8-12)19(20)21)23-13(24-25-15)9-3-1-2-4-10-13/h5-8H,1-4,9-10H2. The zero-order valence-corrected chi connectivity index (χ0v) is 13.1. The van der Waals surface area contributed by atoms with Crippen molar-refractivity contribution in [3.63, 3.8) is 0 Å². The van der Waals surface area contributed by atoms with Crippen molar-refractivity contribution in [2.24, 2.45) is 0 Å². The van der Waals surface area contributed by atoms with Gasteiger partial charge in [0.15, 0.2) is 0 Å². The van der Waals surface area contributed by atoms with E-state index in [1.165, 1.54) is 0 Å². The summed E-state index contributed by atoms with van der Waals surface area (Å²) in [5.74, 6) is -5.21. The smallest absolute Gasteiger partial charge is 0.431 e. The van der Waals surface area contributed by atoms with Gasteiger partial charge < -0.3 is 4.74 Å². The van der Waals surface area contributed by atoms with Gasteiger partial charge in [0.05, 0.1) is 4.92 Å². The average molecular weight is 363 g/mol. The van der Waals surface area contributed by atoms with E-state index < -0.39 is 22.9 Å². The van der Waals surface area contributed by atoms with E-state index in [1.54, 1.807) is 0 Å². The molecule has 1 aliphatic heterocycles. The molecule has 2 aliphatic rings. The van der Waals surface area contributed by atoms with Gasteiger partial charge in [0.2, 0.25) is 5.79 Å². The predicted molar refractivity (Wildman–Crippen MR) is 76.2 cm³/mol. The number of benzene rings is 1. The second-order valence-corrected chi connectivity index (χ2v) is 6.00. The monoisotopic (exact) mass is 363 g/mol. The highest BCUT2D eigenvalue weighted by atomic mass is 19.4. The summed E-state index contributed by atoms with van der Waals surface area (Å²) in [6.07, 6.45) is -1.48. The van der Waals surface area contributed by atoms with E-state index >= 15 is 0 Å². The van der Waals surface area contributed by atoms with Gasteiger partial charge in [0.1, 0.15) is 5.75 Å². The first-order valence-corrected chi connectivity index (χ1v) is 7.83. The first-order valence-electron chi connectivity index (χ1n) is 7.83. The van der Waals surface area contributed by atoms with E-state index in [1.807, 2.05) is 0 Å². The topological polar surface area (TPSA) is 80.1 Å². The Morgan fingerprint density at radius 3 is 2.16 bits per heavy atom. The molecule has 1 aromatic rings. The maximum Gasteiger partial charge on any atom is 0.489 e. The summed E-state index contributed by atoms with van der Waals surface area (Å²) >= 11 is 0. The maximum atomic E-state index is 13.6. The zero-order valence-electron chi connectivity index (χ0n) is 13.1. The average Bonchev–Trinajstić information content (AvgIpc) is 2.75. The van der Waals surface area contributed by atoms with Crippen LogP contribution < -0.4 is 4.74 Å². The number of ether oxygens (including phenoxy) is 2. The van der Waals surface area contributed by atoms with Crippen LogP contribution in [0.2, 0.25) is 0 Å². The molecule has 7 nitrogen and oxygen atoms in total. The van der Waals surface area contributed by atoms with Crippen LogP contribution in [-0.4, -0.2) is 22.9 Å². The van der Waals surface area contributed by atoms with Crippen LogP contribution in [0.5, 0.6) is 5.75 Å².